The highest BCUT2D eigenvalue weighted by molar-refractivity contribution is 5.89. The van der Waals surface area contributed by atoms with Gasteiger partial charge in [0.15, 0.2) is 0 Å². The van der Waals surface area contributed by atoms with Gasteiger partial charge in [0.25, 0.3) is 0 Å². The first-order chi connectivity index (χ1) is 22.6. The average Bonchev–Trinajstić information content (AvgIpc) is 3.04. The summed E-state index contributed by atoms with van der Waals surface area (Å²) in [7, 11) is 0. The van der Waals surface area contributed by atoms with Crippen LogP contribution in [0.5, 0.6) is 0 Å². The SMILES string of the molecule is CCCCN1CCN(CC(=O)N[C@@H](Cc2cc(F)cc(F)c2)[C@H](O)CN(Cc2cccc(CC)c2)OC(=O)c2ccccc2)CC1=O. The summed E-state index contributed by atoms with van der Waals surface area (Å²) < 4.78 is 28.2. The molecule has 0 saturated carbocycles. The molecule has 252 valence electrons. The Hall–Kier alpha value is -4.19. The highest BCUT2D eigenvalue weighted by Crippen LogP contribution is 2.16. The third-order valence-electron chi connectivity index (χ3n) is 8.11. The van der Waals surface area contributed by atoms with Crippen molar-refractivity contribution in [2.45, 2.75) is 58.2 Å². The van der Waals surface area contributed by atoms with E-state index in [0.717, 1.165) is 48.6 Å². The van der Waals surface area contributed by atoms with Crippen molar-refractivity contribution >= 4 is 17.8 Å². The first-order valence-electron chi connectivity index (χ1n) is 16.2. The average molecular weight is 651 g/mol. The van der Waals surface area contributed by atoms with Crippen molar-refractivity contribution in [2.75, 3.05) is 39.3 Å². The predicted molar refractivity (Wildman–Crippen MR) is 174 cm³/mol. The molecule has 0 aliphatic carbocycles. The van der Waals surface area contributed by atoms with Crippen LogP contribution in [0.3, 0.4) is 0 Å². The van der Waals surface area contributed by atoms with Crippen LogP contribution in [0.15, 0.2) is 72.8 Å². The summed E-state index contributed by atoms with van der Waals surface area (Å²) >= 11 is 0. The molecule has 0 bridgehead atoms. The molecule has 1 aliphatic rings. The normalized spacial score (nSPS) is 15.0. The van der Waals surface area contributed by atoms with Gasteiger partial charge < -0.3 is 20.2 Å². The van der Waals surface area contributed by atoms with Gasteiger partial charge in [-0.15, -0.1) is 5.06 Å². The molecular weight excluding hydrogens is 606 g/mol. The van der Waals surface area contributed by atoms with Gasteiger partial charge in [0.05, 0.1) is 43.9 Å². The van der Waals surface area contributed by atoms with Crippen molar-refractivity contribution in [2.24, 2.45) is 0 Å². The number of amides is 2. The van der Waals surface area contributed by atoms with E-state index in [1.165, 1.54) is 5.06 Å². The molecule has 4 rings (SSSR count). The number of aliphatic hydroxyl groups excluding tert-OH is 1. The fraction of sp³-hybridized carbons (Fsp3) is 0.417. The second kappa shape index (κ2) is 17.7. The summed E-state index contributed by atoms with van der Waals surface area (Å²) in [4.78, 5) is 48.2. The Bertz CT molecular complexity index is 1470. The van der Waals surface area contributed by atoms with E-state index in [1.54, 1.807) is 40.1 Å². The molecule has 2 amide bonds. The van der Waals surface area contributed by atoms with Crippen LogP contribution in [0.2, 0.25) is 0 Å². The van der Waals surface area contributed by atoms with Gasteiger partial charge in [-0.2, -0.15) is 0 Å². The number of rotatable bonds is 16. The van der Waals surface area contributed by atoms with Crippen molar-refractivity contribution in [1.82, 2.24) is 20.2 Å². The molecule has 11 heteroatoms. The van der Waals surface area contributed by atoms with E-state index in [4.69, 9.17) is 4.84 Å². The lowest BCUT2D eigenvalue weighted by atomic mass is 10.00. The number of benzene rings is 3. The maximum absolute atomic E-state index is 14.1. The molecular formula is C36H44F2N4O5. The Balaban J connectivity index is 1.51. The number of piperazine rings is 1. The number of hydrogen-bond donors (Lipinski definition) is 2. The molecule has 0 unspecified atom stereocenters. The number of nitrogens with one attached hydrogen (secondary N) is 1. The monoisotopic (exact) mass is 650 g/mol. The van der Waals surface area contributed by atoms with Gasteiger partial charge in [-0.05, 0) is 60.2 Å². The Morgan fingerprint density at radius 2 is 1.68 bits per heavy atom. The first-order valence-corrected chi connectivity index (χ1v) is 16.2. The first kappa shape index (κ1) is 35.7. The lowest BCUT2D eigenvalue weighted by Crippen LogP contribution is -2.55. The van der Waals surface area contributed by atoms with Crippen LogP contribution in [0.1, 0.15) is 53.7 Å². The Morgan fingerprint density at radius 1 is 0.957 bits per heavy atom. The van der Waals surface area contributed by atoms with Gasteiger partial charge >= 0.3 is 5.97 Å². The number of hydroxylamine groups is 2. The number of carbonyl (C=O) groups is 3. The van der Waals surface area contributed by atoms with Crippen molar-refractivity contribution in [3.63, 3.8) is 0 Å². The van der Waals surface area contributed by atoms with Crippen LogP contribution in [0, 0.1) is 11.6 Å². The summed E-state index contributed by atoms with van der Waals surface area (Å²) in [6.07, 6.45) is 1.27. The quantitative estimate of drug-likeness (QED) is 0.225. The van der Waals surface area contributed by atoms with Gasteiger partial charge in [0, 0.05) is 25.7 Å². The van der Waals surface area contributed by atoms with Crippen LogP contribution < -0.4 is 5.32 Å². The predicted octanol–water partition coefficient (Wildman–Crippen LogP) is 4.13. The third-order valence-corrected chi connectivity index (χ3v) is 8.11. The zero-order valence-electron chi connectivity index (χ0n) is 27.0. The molecule has 1 saturated heterocycles. The van der Waals surface area contributed by atoms with Crippen LogP contribution in [0.4, 0.5) is 8.78 Å². The van der Waals surface area contributed by atoms with Crippen LogP contribution in [0.25, 0.3) is 0 Å². The molecule has 0 aromatic heterocycles. The topological polar surface area (TPSA) is 102 Å². The Morgan fingerprint density at radius 3 is 2.36 bits per heavy atom. The molecule has 47 heavy (non-hydrogen) atoms. The third kappa shape index (κ3) is 11.2. The fourth-order valence-corrected chi connectivity index (χ4v) is 5.56. The molecule has 3 aromatic rings. The number of unbranched alkanes of at least 4 members (excludes halogenated alkanes) is 1. The number of nitrogens with zero attached hydrogens (tertiary/aromatic N) is 3. The van der Waals surface area contributed by atoms with Crippen LogP contribution in [-0.2, 0) is 33.8 Å². The smallest absolute Gasteiger partial charge is 0.357 e. The number of hydrogen-bond acceptors (Lipinski definition) is 7. The molecule has 1 fully saturated rings. The molecule has 0 radical (unpaired) electrons. The highest BCUT2D eigenvalue weighted by Gasteiger charge is 2.29. The standard InChI is InChI=1S/C36H44F2N4O5/c1-3-5-14-41-16-15-40(25-35(41)45)24-34(44)39-32(20-28-18-30(37)21-31(38)19-28)33(43)23-42(22-27-11-9-10-26(4-2)17-27)47-36(46)29-12-7-6-8-13-29/h6-13,17-19,21,32-33,43H,3-5,14-16,20,22-25H2,1-2H3,(H,39,44)/t32-,33+/m0/s1. The maximum Gasteiger partial charge on any atom is 0.357 e. The lowest BCUT2D eigenvalue weighted by Gasteiger charge is -2.34. The van der Waals surface area contributed by atoms with Crippen molar-refractivity contribution in [1.29, 1.82) is 0 Å². The second-order valence-electron chi connectivity index (χ2n) is 11.9. The highest BCUT2D eigenvalue weighted by atomic mass is 19.1. The number of aryl methyl sites for hydroxylation is 1. The minimum absolute atomic E-state index is 0.0488. The van der Waals surface area contributed by atoms with Gasteiger partial charge in [0.2, 0.25) is 11.8 Å². The largest absolute Gasteiger partial charge is 0.389 e. The molecule has 3 aromatic carbocycles. The van der Waals surface area contributed by atoms with Gasteiger partial charge in [-0.25, -0.2) is 13.6 Å². The van der Waals surface area contributed by atoms with Crippen molar-refractivity contribution < 1.29 is 33.1 Å². The minimum atomic E-state index is -1.32. The zero-order valence-corrected chi connectivity index (χ0v) is 27.0. The summed E-state index contributed by atoms with van der Waals surface area (Å²) in [5, 5.41) is 15.7. The second-order valence-corrected chi connectivity index (χ2v) is 11.9. The fourth-order valence-electron chi connectivity index (χ4n) is 5.56. The number of carbonyl (C=O) groups excluding carboxylic acids is 3. The summed E-state index contributed by atoms with van der Waals surface area (Å²) in [5.74, 6) is -2.70. The van der Waals surface area contributed by atoms with Crippen molar-refractivity contribution in [3.8, 4) is 0 Å². The zero-order chi connectivity index (χ0) is 33.8. The Kier molecular flexibility index (Phi) is 13.4. The molecule has 9 nitrogen and oxygen atoms in total. The molecule has 2 N–H and O–H groups in total. The number of aliphatic hydroxyl groups is 1. The van der Waals surface area contributed by atoms with E-state index in [1.807, 2.05) is 31.2 Å². The van der Waals surface area contributed by atoms with Gasteiger partial charge in [-0.1, -0.05) is 62.7 Å². The summed E-state index contributed by atoms with van der Waals surface area (Å²) in [6, 6.07) is 18.2. The summed E-state index contributed by atoms with van der Waals surface area (Å²) in [5.41, 5.74) is 2.47. The van der Waals surface area contributed by atoms with E-state index in [0.29, 0.717) is 25.2 Å². The molecule has 2 atom stereocenters. The van der Waals surface area contributed by atoms with E-state index < -0.39 is 35.7 Å². The lowest BCUT2D eigenvalue weighted by molar-refractivity contribution is -0.141. The minimum Gasteiger partial charge on any atom is -0.389 e. The van der Waals surface area contributed by atoms with Crippen LogP contribution >= 0.6 is 0 Å². The number of halogens is 2. The molecule has 1 aliphatic heterocycles. The van der Waals surface area contributed by atoms with Crippen molar-refractivity contribution in [3.05, 3.63) is 107 Å². The summed E-state index contributed by atoms with van der Waals surface area (Å²) in [6.45, 7) is 5.74. The van der Waals surface area contributed by atoms with E-state index >= 15 is 0 Å². The Labute approximate surface area is 275 Å². The van der Waals surface area contributed by atoms with E-state index in [-0.39, 0.29) is 44.1 Å². The van der Waals surface area contributed by atoms with Gasteiger partial charge in [-0.3, -0.25) is 14.5 Å². The van der Waals surface area contributed by atoms with E-state index in [9.17, 15) is 28.3 Å². The molecule has 0 spiro atoms. The van der Waals surface area contributed by atoms with Crippen LogP contribution in [-0.4, -0.2) is 89.2 Å². The molecule has 1 heterocycles. The van der Waals surface area contributed by atoms with Gasteiger partial charge in [0.1, 0.15) is 11.6 Å². The maximum atomic E-state index is 14.1. The van der Waals surface area contributed by atoms with E-state index in [2.05, 4.69) is 12.2 Å².